The fourth-order valence-corrected chi connectivity index (χ4v) is 0. The second-order valence-corrected chi connectivity index (χ2v) is 0.548. The first-order chi connectivity index (χ1) is 8.49. The van der Waals surface area contributed by atoms with E-state index in [1.165, 1.54) is 0 Å². The molecule has 0 amide bonds. The Hall–Kier alpha value is -3.57. The van der Waals surface area contributed by atoms with Crippen molar-refractivity contribution in [1.82, 2.24) is 0 Å². The van der Waals surface area contributed by atoms with Crippen LogP contribution < -0.4 is 30.6 Å². The van der Waals surface area contributed by atoms with Crippen LogP contribution in [0.2, 0.25) is 0 Å². The van der Waals surface area contributed by atoms with Gasteiger partial charge in [0.25, 0.3) is 0 Å². The van der Waals surface area contributed by atoms with Gasteiger partial charge < -0.3 is 30.6 Å². The summed E-state index contributed by atoms with van der Waals surface area (Å²) in [7, 11) is 0. The first kappa shape index (κ1) is 45.2. The number of nitriles is 6. The largest absolute Gasteiger partial charge is 6.00 e. The Morgan fingerprint density at radius 1 is 0.368 bits per heavy atom. The smallest absolute Gasteiger partial charge is 0.812 e. The van der Waals surface area contributed by atoms with Crippen molar-refractivity contribution in [2.75, 3.05) is 0 Å². The predicted octanol–water partition coefficient (Wildman–Crippen LogP) is -7.04. The van der Waals surface area contributed by atoms with Gasteiger partial charge in [-0.3, -0.25) is 0 Å². The SMILES string of the molecule is N#C[O-].N#C[O-].N#C[O-].N#C[O-].N#C[O-].N#C[O-].[Mo+6]. The topological polar surface area (TPSA) is 281 Å². The third-order valence-corrected chi connectivity index (χ3v) is 0. The molecule has 96 valence electrons. The maximum atomic E-state index is 8.24. The summed E-state index contributed by atoms with van der Waals surface area (Å²) in [4.78, 5) is 0. The third kappa shape index (κ3) is 175. The minimum atomic E-state index is 0. The van der Waals surface area contributed by atoms with E-state index in [9.17, 15) is 0 Å². The Labute approximate surface area is 121 Å². The Balaban J connectivity index is -0.0000000180. The molecule has 19 heavy (non-hydrogen) atoms. The van der Waals surface area contributed by atoms with Gasteiger partial charge in [0.15, 0.2) is 0 Å². The van der Waals surface area contributed by atoms with E-state index < -0.39 is 0 Å². The van der Waals surface area contributed by atoms with Crippen LogP contribution in [0.1, 0.15) is 0 Å². The van der Waals surface area contributed by atoms with Gasteiger partial charge in [-0.15, -0.1) is 0 Å². The molecule has 0 aliphatic carbocycles. The van der Waals surface area contributed by atoms with E-state index in [4.69, 9.17) is 62.2 Å². The van der Waals surface area contributed by atoms with Crippen molar-refractivity contribution < 1.29 is 51.7 Å². The van der Waals surface area contributed by atoms with E-state index in [-0.39, 0.29) is 21.1 Å². The number of rotatable bonds is 0. The van der Waals surface area contributed by atoms with Crippen LogP contribution in [0.4, 0.5) is 0 Å². The molecule has 0 aromatic rings. The zero-order chi connectivity index (χ0) is 16.2. The summed E-state index contributed by atoms with van der Waals surface area (Å²) in [6.07, 6.45) is 3.00. The normalized spacial score (nSPS) is 2.21. The average Bonchev–Trinajstić information content (AvgIpc) is 2.23. The summed E-state index contributed by atoms with van der Waals surface area (Å²) in [6, 6.07) is 0. The van der Waals surface area contributed by atoms with Crippen LogP contribution in [-0.4, -0.2) is 0 Å². The monoisotopic (exact) mass is 350 g/mol. The van der Waals surface area contributed by atoms with Crippen molar-refractivity contribution in [3.8, 4) is 37.5 Å². The van der Waals surface area contributed by atoms with E-state index in [1.54, 1.807) is 0 Å². The zero-order valence-electron chi connectivity index (χ0n) is 8.54. The van der Waals surface area contributed by atoms with E-state index in [1.807, 2.05) is 0 Å². The van der Waals surface area contributed by atoms with Crippen LogP contribution in [0.5, 0.6) is 0 Å². The summed E-state index contributed by atoms with van der Waals surface area (Å²) in [6.45, 7) is 0. The second kappa shape index (κ2) is 441. The standard InChI is InChI=1S/6CHNO.Mo/c6*2-1-3;/h6*3H;/q;;;;;;+6/p-6. The quantitative estimate of drug-likeness (QED) is 0.291. The van der Waals surface area contributed by atoms with E-state index in [2.05, 4.69) is 0 Å². The Bertz CT molecular complexity index is 256. The van der Waals surface area contributed by atoms with Crippen molar-refractivity contribution >= 4 is 0 Å². The van der Waals surface area contributed by atoms with Crippen molar-refractivity contribution in [1.29, 1.82) is 31.6 Å². The Morgan fingerprint density at radius 2 is 0.368 bits per heavy atom. The molecule has 0 aliphatic rings. The molecule has 0 heterocycles. The van der Waals surface area contributed by atoms with Gasteiger partial charge in [-0.2, -0.15) is 0 Å². The van der Waals surface area contributed by atoms with Crippen LogP contribution in [0.25, 0.3) is 0 Å². The summed E-state index contributed by atoms with van der Waals surface area (Å²) in [5.41, 5.74) is 0. The molecule has 0 saturated carbocycles. The zero-order valence-corrected chi connectivity index (χ0v) is 10.5. The predicted molar refractivity (Wildman–Crippen MR) is 33.7 cm³/mol. The summed E-state index contributed by atoms with van der Waals surface area (Å²) < 4.78 is 0. The molecule has 0 bridgehead atoms. The fraction of sp³-hybridized carbons (Fsp3) is 0. The van der Waals surface area contributed by atoms with Crippen molar-refractivity contribution in [3.05, 3.63) is 0 Å². The van der Waals surface area contributed by atoms with Crippen LogP contribution >= 0.6 is 0 Å². The van der Waals surface area contributed by atoms with E-state index in [0.29, 0.717) is 37.5 Å². The molecule has 12 nitrogen and oxygen atoms in total. The van der Waals surface area contributed by atoms with Gasteiger partial charge in [0.05, 0.1) is 0 Å². The van der Waals surface area contributed by atoms with Gasteiger partial charge in [-0.1, -0.05) is 0 Å². The minimum absolute atomic E-state index is 0. The molecule has 0 aliphatic heterocycles. The second-order valence-electron chi connectivity index (χ2n) is 0.548. The molecule has 0 rings (SSSR count). The van der Waals surface area contributed by atoms with Crippen molar-refractivity contribution in [2.45, 2.75) is 0 Å². The third-order valence-electron chi connectivity index (χ3n) is 0. The number of hydrogen-bond donors (Lipinski definition) is 0. The van der Waals surface area contributed by atoms with Crippen LogP contribution in [0.3, 0.4) is 0 Å². The van der Waals surface area contributed by atoms with Gasteiger partial charge in [-0.25, -0.2) is 31.6 Å². The number of hydrogen-bond acceptors (Lipinski definition) is 12. The molecule has 0 saturated heterocycles. The molecular weight excluding hydrogens is 348 g/mol. The van der Waals surface area contributed by atoms with Gasteiger partial charge in [0, 0.05) is 37.5 Å². The van der Waals surface area contributed by atoms with Gasteiger partial charge in [0.2, 0.25) is 0 Å². The molecule has 13 heteroatoms. The van der Waals surface area contributed by atoms with Crippen LogP contribution in [0, 0.1) is 69.1 Å². The molecule has 0 spiro atoms. The average molecular weight is 348 g/mol. The van der Waals surface area contributed by atoms with E-state index in [0.717, 1.165) is 0 Å². The van der Waals surface area contributed by atoms with Gasteiger partial charge >= 0.3 is 21.1 Å². The molecule has 0 fully saturated rings. The van der Waals surface area contributed by atoms with Crippen LogP contribution in [-0.2, 0) is 21.1 Å². The Kier molecular flexibility index (Phi) is 1050. The van der Waals surface area contributed by atoms with Crippen molar-refractivity contribution in [3.63, 3.8) is 0 Å². The van der Waals surface area contributed by atoms with E-state index >= 15 is 0 Å². The van der Waals surface area contributed by atoms with Gasteiger partial charge in [0.1, 0.15) is 0 Å². The molecule has 0 aromatic heterocycles. The Morgan fingerprint density at radius 3 is 0.368 bits per heavy atom. The minimum Gasteiger partial charge on any atom is -0.812 e. The summed E-state index contributed by atoms with van der Waals surface area (Å²) >= 11 is 0. The van der Waals surface area contributed by atoms with Gasteiger partial charge in [-0.05, 0) is 0 Å². The molecule has 0 atom stereocenters. The maximum absolute atomic E-state index is 8.24. The molecular formula is C6MoN6O6. The van der Waals surface area contributed by atoms with Crippen molar-refractivity contribution in [2.24, 2.45) is 0 Å². The fourth-order valence-electron chi connectivity index (χ4n) is 0. The molecule has 0 aromatic carbocycles. The molecule has 0 unspecified atom stereocenters. The molecule has 0 N–H and O–H groups in total. The molecule has 0 radical (unpaired) electrons. The summed E-state index contributed by atoms with van der Waals surface area (Å²) in [5.74, 6) is 0. The summed E-state index contributed by atoms with van der Waals surface area (Å²) in [5, 5.41) is 90.0. The first-order valence-electron chi connectivity index (χ1n) is 2.57. The number of nitrogens with zero attached hydrogens (tertiary/aromatic N) is 6. The maximum Gasteiger partial charge on any atom is 6.00 e. The first-order valence-corrected chi connectivity index (χ1v) is 2.57. The van der Waals surface area contributed by atoms with Crippen LogP contribution in [0.15, 0.2) is 0 Å².